The van der Waals surface area contributed by atoms with Gasteiger partial charge in [0.25, 0.3) is 0 Å². The van der Waals surface area contributed by atoms with Crippen molar-refractivity contribution in [3.8, 4) is 5.75 Å². The number of ether oxygens (including phenoxy) is 1. The Balaban J connectivity index is 1.96. The quantitative estimate of drug-likeness (QED) is 0.483. The molecule has 0 bridgehead atoms. The molecule has 3 rings (SSSR count). The fourth-order valence-corrected chi connectivity index (χ4v) is 3.40. The first-order chi connectivity index (χ1) is 14.6. The maximum atomic E-state index is 11.9. The summed E-state index contributed by atoms with van der Waals surface area (Å²) in [5, 5.41) is 9.78. The number of hydrogen-bond donors (Lipinski definition) is 1. The van der Waals surface area contributed by atoms with E-state index in [2.05, 4.69) is 16.5 Å². The molecule has 1 heterocycles. The summed E-state index contributed by atoms with van der Waals surface area (Å²) in [6, 6.07) is 17.6. The van der Waals surface area contributed by atoms with Crippen LogP contribution in [0.5, 0.6) is 5.75 Å². The van der Waals surface area contributed by atoms with Crippen LogP contribution in [0.15, 0.2) is 66.4 Å². The largest absolute Gasteiger partial charge is 0.497 e. The fraction of sp³-hybridized carbons (Fsp3) is 0.280. The summed E-state index contributed by atoms with van der Waals surface area (Å²) < 4.78 is 7.46. The van der Waals surface area contributed by atoms with Crippen molar-refractivity contribution in [1.29, 1.82) is 0 Å². The van der Waals surface area contributed by atoms with Crippen molar-refractivity contribution < 1.29 is 14.6 Å². The Labute approximate surface area is 177 Å². The van der Waals surface area contributed by atoms with Crippen molar-refractivity contribution in [2.24, 2.45) is 0 Å². The van der Waals surface area contributed by atoms with E-state index in [1.54, 1.807) is 19.4 Å². The standard InChI is InChI=1S/C25H28N2O3/c1-3-4-13-24-26-17-22(27(24)18-20-11-8-12-23(15-20)30-2)16-21(25(28)29)14-19-9-6-5-7-10-19/h5-12,15-17H,3-4,13-14,18H2,1-2H3,(H,28,29). The Bertz CT molecular complexity index is 1010. The van der Waals surface area contributed by atoms with Crippen LogP contribution in [-0.2, 0) is 24.2 Å². The monoisotopic (exact) mass is 404 g/mol. The lowest BCUT2D eigenvalue weighted by Crippen LogP contribution is -2.09. The van der Waals surface area contributed by atoms with E-state index in [0.717, 1.165) is 47.7 Å². The predicted octanol–water partition coefficient (Wildman–Crippen LogP) is 4.99. The summed E-state index contributed by atoms with van der Waals surface area (Å²) in [5.74, 6) is 0.855. The van der Waals surface area contributed by atoms with Crippen LogP contribution in [0.3, 0.4) is 0 Å². The number of carboxylic acids is 1. The van der Waals surface area contributed by atoms with E-state index >= 15 is 0 Å². The van der Waals surface area contributed by atoms with Crippen molar-refractivity contribution >= 4 is 12.0 Å². The van der Waals surface area contributed by atoms with Crippen LogP contribution in [0.4, 0.5) is 0 Å². The van der Waals surface area contributed by atoms with Crippen molar-refractivity contribution in [3.63, 3.8) is 0 Å². The topological polar surface area (TPSA) is 64.3 Å². The van der Waals surface area contributed by atoms with E-state index in [1.165, 1.54) is 0 Å². The van der Waals surface area contributed by atoms with Gasteiger partial charge < -0.3 is 14.4 Å². The molecule has 0 aliphatic carbocycles. The molecule has 1 aromatic heterocycles. The second-order valence-corrected chi connectivity index (χ2v) is 7.28. The summed E-state index contributed by atoms with van der Waals surface area (Å²) in [4.78, 5) is 16.5. The highest BCUT2D eigenvalue weighted by atomic mass is 16.5. The first kappa shape index (κ1) is 21.4. The molecule has 3 aromatic rings. The van der Waals surface area contributed by atoms with E-state index < -0.39 is 5.97 Å². The maximum Gasteiger partial charge on any atom is 0.331 e. The van der Waals surface area contributed by atoms with Crippen LogP contribution in [0.1, 0.15) is 42.4 Å². The summed E-state index contributed by atoms with van der Waals surface area (Å²) in [7, 11) is 1.65. The number of carboxylic acid groups (broad SMARTS) is 1. The molecule has 5 heteroatoms. The van der Waals surface area contributed by atoms with Gasteiger partial charge in [0.1, 0.15) is 11.6 Å². The number of methoxy groups -OCH3 is 1. The summed E-state index contributed by atoms with van der Waals surface area (Å²) in [6.45, 7) is 2.76. The first-order valence-electron chi connectivity index (χ1n) is 10.3. The number of hydrogen-bond acceptors (Lipinski definition) is 3. The van der Waals surface area contributed by atoms with Crippen molar-refractivity contribution in [1.82, 2.24) is 9.55 Å². The van der Waals surface area contributed by atoms with E-state index in [1.807, 2.05) is 54.6 Å². The molecule has 0 fully saturated rings. The average Bonchev–Trinajstić information content (AvgIpc) is 3.13. The van der Waals surface area contributed by atoms with E-state index in [-0.39, 0.29) is 0 Å². The third-order valence-electron chi connectivity index (χ3n) is 5.03. The SMILES string of the molecule is CCCCc1ncc(C=C(Cc2ccccc2)C(=O)O)n1Cc1cccc(OC)c1. The number of aliphatic carboxylic acids is 1. The molecule has 0 aliphatic heterocycles. The maximum absolute atomic E-state index is 11.9. The molecule has 0 saturated carbocycles. The number of nitrogens with zero attached hydrogens (tertiary/aromatic N) is 2. The van der Waals surface area contributed by atoms with Crippen LogP contribution in [-0.4, -0.2) is 27.7 Å². The van der Waals surface area contributed by atoms with Crippen molar-refractivity contribution in [3.05, 3.63) is 89.0 Å². The van der Waals surface area contributed by atoms with Gasteiger partial charge in [0.05, 0.1) is 19.0 Å². The molecule has 0 spiro atoms. The second kappa shape index (κ2) is 10.4. The molecule has 0 saturated heterocycles. The van der Waals surface area contributed by atoms with Crippen LogP contribution in [0.25, 0.3) is 6.08 Å². The molecule has 156 valence electrons. The molecule has 30 heavy (non-hydrogen) atoms. The van der Waals surface area contributed by atoms with Gasteiger partial charge in [-0.3, -0.25) is 0 Å². The van der Waals surface area contributed by atoms with Gasteiger partial charge in [-0.15, -0.1) is 0 Å². The Morgan fingerprint density at radius 2 is 1.90 bits per heavy atom. The molecule has 0 amide bonds. The molecule has 5 nitrogen and oxygen atoms in total. The van der Waals surface area contributed by atoms with Gasteiger partial charge in [-0.1, -0.05) is 55.8 Å². The van der Waals surface area contributed by atoms with Crippen molar-refractivity contribution in [2.45, 2.75) is 39.2 Å². The van der Waals surface area contributed by atoms with Gasteiger partial charge in [0.15, 0.2) is 0 Å². The number of aromatic nitrogens is 2. The number of carbonyl (C=O) groups is 1. The minimum Gasteiger partial charge on any atom is -0.497 e. The fourth-order valence-electron chi connectivity index (χ4n) is 3.40. The number of benzene rings is 2. The predicted molar refractivity (Wildman–Crippen MR) is 119 cm³/mol. The molecule has 2 aromatic carbocycles. The van der Waals surface area contributed by atoms with E-state index in [4.69, 9.17) is 4.74 Å². The Hall–Kier alpha value is -3.34. The normalized spacial score (nSPS) is 11.5. The zero-order chi connectivity index (χ0) is 21.3. The molecular formula is C25H28N2O3. The van der Waals surface area contributed by atoms with Crippen LogP contribution in [0, 0.1) is 0 Å². The molecule has 0 aliphatic rings. The zero-order valence-electron chi connectivity index (χ0n) is 17.5. The van der Waals surface area contributed by atoms with Gasteiger partial charge in [-0.25, -0.2) is 9.78 Å². The summed E-state index contributed by atoms with van der Waals surface area (Å²) >= 11 is 0. The number of imidazole rings is 1. The highest BCUT2D eigenvalue weighted by Gasteiger charge is 2.14. The Morgan fingerprint density at radius 1 is 1.13 bits per heavy atom. The summed E-state index contributed by atoms with van der Waals surface area (Å²) in [6.07, 6.45) is 6.86. The Morgan fingerprint density at radius 3 is 2.60 bits per heavy atom. The summed E-state index contributed by atoms with van der Waals surface area (Å²) in [5.41, 5.74) is 3.20. The lowest BCUT2D eigenvalue weighted by atomic mass is 10.0. The van der Waals surface area contributed by atoms with Gasteiger partial charge in [-0.2, -0.15) is 0 Å². The molecular weight excluding hydrogens is 376 g/mol. The van der Waals surface area contributed by atoms with Crippen molar-refractivity contribution in [2.75, 3.05) is 7.11 Å². The number of rotatable bonds is 10. The van der Waals surface area contributed by atoms with Crippen LogP contribution >= 0.6 is 0 Å². The highest BCUT2D eigenvalue weighted by Crippen LogP contribution is 2.20. The molecule has 1 N–H and O–H groups in total. The number of unbranched alkanes of at least 4 members (excludes halogenated alkanes) is 1. The number of aryl methyl sites for hydroxylation is 1. The minimum atomic E-state index is -0.914. The van der Waals surface area contributed by atoms with E-state index in [9.17, 15) is 9.90 Å². The third-order valence-corrected chi connectivity index (χ3v) is 5.03. The first-order valence-corrected chi connectivity index (χ1v) is 10.3. The van der Waals surface area contributed by atoms with Crippen LogP contribution < -0.4 is 4.74 Å². The van der Waals surface area contributed by atoms with E-state index in [0.29, 0.717) is 18.5 Å². The molecule has 0 atom stereocenters. The van der Waals surface area contributed by atoms with Gasteiger partial charge in [0, 0.05) is 25.0 Å². The highest BCUT2D eigenvalue weighted by molar-refractivity contribution is 5.92. The molecule has 0 unspecified atom stereocenters. The van der Waals surface area contributed by atoms with Gasteiger partial charge >= 0.3 is 5.97 Å². The average molecular weight is 405 g/mol. The zero-order valence-corrected chi connectivity index (χ0v) is 17.5. The lowest BCUT2D eigenvalue weighted by Gasteiger charge is -2.12. The van der Waals surface area contributed by atoms with Crippen LogP contribution in [0.2, 0.25) is 0 Å². The minimum absolute atomic E-state index is 0.343. The molecule has 0 radical (unpaired) electrons. The second-order valence-electron chi connectivity index (χ2n) is 7.28. The Kier molecular flexibility index (Phi) is 7.44. The van der Waals surface area contributed by atoms with Gasteiger partial charge in [-0.05, 0) is 35.8 Å². The third kappa shape index (κ3) is 5.60. The smallest absolute Gasteiger partial charge is 0.331 e. The van der Waals surface area contributed by atoms with Gasteiger partial charge in [0.2, 0.25) is 0 Å². The lowest BCUT2D eigenvalue weighted by molar-refractivity contribution is -0.132.